The van der Waals surface area contributed by atoms with E-state index in [0.29, 0.717) is 17.2 Å². The van der Waals surface area contributed by atoms with Gasteiger partial charge in [-0.05, 0) is 41.6 Å². The molecule has 0 amide bonds. The SMILES string of the molecule is Nc1ccc(OC2=NC(=C=O)NC(N(Oc3ccccc3)Oc3ccccc3)=C2)c(Cl)c1Cl. The van der Waals surface area contributed by atoms with Crippen LogP contribution in [0, 0.1) is 0 Å². The summed E-state index contributed by atoms with van der Waals surface area (Å²) < 4.78 is 5.76. The van der Waals surface area contributed by atoms with Gasteiger partial charge in [-0.3, -0.25) is 0 Å². The Kier molecular flexibility index (Phi) is 6.71. The lowest BCUT2D eigenvalue weighted by atomic mass is 10.3. The monoisotopic (exact) mass is 482 g/mol. The Hall–Kier alpha value is -4.10. The predicted molar refractivity (Wildman–Crippen MR) is 125 cm³/mol. The van der Waals surface area contributed by atoms with Crippen LogP contribution in [0.15, 0.2) is 95.5 Å². The van der Waals surface area contributed by atoms with Crippen molar-refractivity contribution in [2.75, 3.05) is 5.73 Å². The quantitative estimate of drug-likeness (QED) is 0.296. The lowest BCUT2D eigenvalue weighted by Gasteiger charge is -2.27. The molecular formula is C23H16Cl2N4O4. The van der Waals surface area contributed by atoms with Crippen molar-refractivity contribution in [3.8, 4) is 17.2 Å². The molecule has 0 saturated carbocycles. The third kappa shape index (κ3) is 5.39. The topological polar surface area (TPSA) is 98.4 Å². The largest absolute Gasteiger partial charge is 0.437 e. The van der Waals surface area contributed by atoms with Crippen LogP contribution < -0.4 is 25.5 Å². The molecule has 33 heavy (non-hydrogen) atoms. The van der Waals surface area contributed by atoms with Gasteiger partial charge in [-0.15, -0.1) is 0 Å². The van der Waals surface area contributed by atoms with Crippen molar-refractivity contribution in [1.82, 2.24) is 10.5 Å². The third-order valence-electron chi connectivity index (χ3n) is 4.18. The molecule has 0 unspecified atom stereocenters. The molecule has 0 aliphatic carbocycles. The molecular weight excluding hydrogens is 467 g/mol. The molecule has 0 fully saturated rings. The first-order chi connectivity index (χ1) is 16.0. The number of nitrogens with one attached hydrogen (secondary N) is 1. The second-order valence-corrected chi connectivity index (χ2v) is 7.26. The highest BCUT2D eigenvalue weighted by Crippen LogP contribution is 2.36. The first kappa shape index (κ1) is 22.1. The van der Waals surface area contributed by atoms with Crippen LogP contribution in [0.5, 0.6) is 17.2 Å². The Bertz CT molecular complexity index is 1220. The van der Waals surface area contributed by atoms with Crippen molar-refractivity contribution in [3.63, 3.8) is 0 Å². The summed E-state index contributed by atoms with van der Waals surface area (Å²) in [5, 5.41) is 4.10. The molecule has 1 aliphatic rings. The summed E-state index contributed by atoms with van der Waals surface area (Å²) in [5.74, 6) is 2.86. The molecule has 0 atom stereocenters. The summed E-state index contributed by atoms with van der Waals surface area (Å²) in [7, 11) is 0. The second-order valence-electron chi connectivity index (χ2n) is 6.50. The lowest BCUT2D eigenvalue weighted by molar-refractivity contribution is -0.231. The maximum atomic E-state index is 11.4. The fraction of sp³-hybridized carbons (Fsp3) is 0. The number of ether oxygens (including phenoxy) is 1. The number of nitrogen functional groups attached to an aromatic ring is 1. The first-order valence-corrected chi connectivity index (χ1v) is 10.3. The zero-order chi connectivity index (χ0) is 23.2. The number of para-hydroxylation sites is 2. The van der Waals surface area contributed by atoms with E-state index in [1.165, 1.54) is 18.2 Å². The van der Waals surface area contributed by atoms with Gasteiger partial charge in [0.1, 0.15) is 10.8 Å². The van der Waals surface area contributed by atoms with Gasteiger partial charge in [0.2, 0.25) is 11.7 Å². The van der Waals surface area contributed by atoms with E-state index in [1.54, 1.807) is 54.5 Å². The van der Waals surface area contributed by atoms with Gasteiger partial charge in [0.05, 0.1) is 10.7 Å². The summed E-state index contributed by atoms with van der Waals surface area (Å²) >= 11 is 12.3. The maximum absolute atomic E-state index is 11.4. The lowest BCUT2D eigenvalue weighted by Crippen LogP contribution is -2.39. The molecule has 166 valence electrons. The predicted octanol–water partition coefficient (Wildman–Crippen LogP) is 4.76. The molecule has 0 radical (unpaired) electrons. The van der Waals surface area contributed by atoms with Crippen LogP contribution in [0.3, 0.4) is 0 Å². The minimum atomic E-state index is -0.168. The molecule has 3 aromatic carbocycles. The molecule has 0 bridgehead atoms. The van der Waals surface area contributed by atoms with E-state index in [2.05, 4.69) is 10.3 Å². The zero-order valence-corrected chi connectivity index (χ0v) is 18.4. The highest BCUT2D eigenvalue weighted by atomic mass is 35.5. The highest BCUT2D eigenvalue weighted by molar-refractivity contribution is 6.44. The molecule has 4 rings (SSSR count). The number of aliphatic imine (C=N–C) groups is 1. The van der Waals surface area contributed by atoms with E-state index in [0.717, 1.165) is 5.23 Å². The summed E-state index contributed by atoms with van der Waals surface area (Å²) in [6.45, 7) is 0. The Labute approximate surface area is 199 Å². The van der Waals surface area contributed by atoms with E-state index < -0.39 is 0 Å². The van der Waals surface area contributed by atoms with Crippen LogP contribution in [0.25, 0.3) is 0 Å². The number of carbonyl (C=O) groups excluding carboxylic acids is 1. The van der Waals surface area contributed by atoms with Gasteiger partial charge in [-0.25, -0.2) is 4.79 Å². The van der Waals surface area contributed by atoms with E-state index in [1.807, 2.05) is 12.1 Å². The Balaban J connectivity index is 1.67. The minimum absolute atomic E-state index is 0.00293. The normalized spacial score (nSPS) is 12.6. The second kappa shape index (κ2) is 10.0. The molecule has 1 aliphatic heterocycles. The summed E-state index contributed by atoms with van der Waals surface area (Å²) in [6, 6.07) is 20.9. The van der Waals surface area contributed by atoms with Gasteiger partial charge in [-0.2, -0.15) is 4.99 Å². The number of benzene rings is 3. The van der Waals surface area contributed by atoms with Crippen LogP contribution in [0.4, 0.5) is 5.69 Å². The Morgan fingerprint density at radius 1 is 0.879 bits per heavy atom. The molecule has 0 saturated heterocycles. The molecule has 3 aromatic rings. The van der Waals surface area contributed by atoms with E-state index >= 15 is 0 Å². The van der Waals surface area contributed by atoms with Crippen LogP contribution in [-0.4, -0.2) is 17.1 Å². The average Bonchev–Trinajstić information content (AvgIpc) is 2.85. The maximum Gasteiger partial charge on any atom is 0.225 e. The summed E-state index contributed by atoms with van der Waals surface area (Å²) in [6.07, 6.45) is 1.45. The number of hydrogen-bond acceptors (Lipinski definition) is 8. The van der Waals surface area contributed by atoms with Crippen LogP contribution >= 0.6 is 23.2 Å². The Morgan fingerprint density at radius 3 is 2.06 bits per heavy atom. The molecule has 1 heterocycles. The fourth-order valence-corrected chi connectivity index (χ4v) is 3.02. The smallest absolute Gasteiger partial charge is 0.225 e. The molecule has 0 aromatic heterocycles. The fourth-order valence-electron chi connectivity index (χ4n) is 2.65. The van der Waals surface area contributed by atoms with Gasteiger partial charge >= 0.3 is 0 Å². The summed E-state index contributed by atoms with van der Waals surface area (Å²) in [5.41, 5.74) is 6.05. The molecule has 10 heteroatoms. The Morgan fingerprint density at radius 2 is 1.48 bits per heavy atom. The number of rotatable bonds is 6. The van der Waals surface area contributed by atoms with Gasteiger partial charge in [0.15, 0.2) is 23.3 Å². The van der Waals surface area contributed by atoms with E-state index in [4.69, 9.17) is 43.3 Å². The van der Waals surface area contributed by atoms with Gasteiger partial charge in [-0.1, -0.05) is 59.6 Å². The minimum Gasteiger partial charge on any atom is -0.437 e. The molecule has 0 spiro atoms. The molecule has 8 nitrogen and oxygen atoms in total. The van der Waals surface area contributed by atoms with E-state index in [-0.39, 0.29) is 33.3 Å². The van der Waals surface area contributed by atoms with Gasteiger partial charge in [0.25, 0.3) is 0 Å². The number of nitrogens with zero attached hydrogens (tertiary/aromatic N) is 2. The average molecular weight is 483 g/mol. The standard InChI is InChI=1S/C23H16Cl2N4O4/c24-22-17(26)11-12-18(23(22)25)31-21-13-20(27-19(14-30)28-21)29(32-15-7-3-1-4-8-15)33-16-9-5-2-6-10-16/h1-13,27H,26H2. The number of halogens is 2. The molecule has 3 N–H and O–H groups in total. The van der Waals surface area contributed by atoms with Crippen LogP contribution in [0.1, 0.15) is 0 Å². The summed E-state index contributed by atoms with van der Waals surface area (Å²) in [4.78, 5) is 27.2. The van der Waals surface area contributed by atoms with Crippen molar-refractivity contribution in [2.45, 2.75) is 0 Å². The van der Waals surface area contributed by atoms with Crippen molar-refractivity contribution in [2.24, 2.45) is 4.99 Å². The third-order valence-corrected chi connectivity index (χ3v) is 5.06. The zero-order valence-electron chi connectivity index (χ0n) is 16.9. The van der Waals surface area contributed by atoms with Crippen LogP contribution in [0.2, 0.25) is 10.0 Å². The van der Waals surface area contributed by atoms with Crippen molar-refractivity contribution >= 4 is 40.7 Å². The number of hydroxylamine groups is 2. The van der Waals surface area contributed by atoms with Gasteiger partial charge < -0.3 is 25.5 Å². The van der Waals surface area contributed by atoms with E-state index in [9.17, 15) is 4.79 Å². The van der Waals surface area contributed by atoms with Crippen LogP contribution in [-0.2, 0) is 4.79 Å². The van der Waals surface area contributed by atoms with Crippen molar-refractivity contribution in [3.05, 3.63) is 101 Å². The number of nitrogens with two attached hydrogens (primary N) is 1. The number of anilines is 1. The van der Waals surface area contributed by atoms with Gasteiger partial charge in [0, 0.05) is 6.08 Å². The first-order valence-electron chi connectivity index (χ1n) is 9.53. The van der Waals surface area contributed by atoms with Crippen molar-refractivity contribution < 1.29 is 19.2 Å². The number of hydrogen-bond donors (Lipinski definition) is 2. The highest BCUT2D eigenvalue weighted by Gasteiger charge is 2.23. The van der Waals surface area contributed by atoms with Crippen molar-refractivity contribution in [1.29, 1.82) is 0 Å².